The van der Waals surface area contributed by atoms with Crippen molar-refractivity contribution >= 4 is 5.91 Å². The van der Waals surface area contributed by atoms with Crippen LogP contribution < -0.4 is 5.32 Å². The van der Waals surface area contributed by atoms with Crippen LogP contribution in [0.5, 0.6) is 0 Å². The molecule has 0 aliphatic heterocycles. The molecular weight excluding hydrogens is 240 g/mol. The molecule has 2 N–H and O–H groups in total. The molecule has 2 atom stereocenters. The lowest BCUT2D eigenvalue weighted by molar-refractivity contribution is 0.0923. The fourth-order valence-corrected chi connectivity index (χ4v) is 2.80. The maximum atomic E-state index is 12.1. The quantitative estimate of drug-likeness (QED) is 0.822. The van der Waals surface area contributed by atoms with Gasteiger partial charge in [0.2, 0.25) is 5.82 Å². The highest BCUT2D eigenvalue weighted by atomic mass is 16.2. The lowest BCUT2D eigenvalue weighted by Gasteiger charge is -2.14. The standard InChI is InChI=1S/C14H22N4O/c1-9-3-2-4-11(8-5-9)15-14(19)13-16-12(17-18-13)10-6-7-10/h9-11H,2-8H2,1H3,(H,15,19)(H,16,17,18). The Balaban J connectivity index is 1.57. The van der Waals surface area contributed by atoms with Crippen molar-refractivity contribution in [2.75, 3.05) is 0 Å². The van der Waals surface area contributed by atoms with Crippen LogP contribution in [0.15, 0.2) is 0 Å². The molecule has 0 radical (unpaired) electrons. The summed E-state index contributed by atoms with van der Waals surface area (Å²) in [6, 6.07) is 0.292. The second-order valence-corrected chi connectivity index (χ2v) is 6.10. The van der Waals surface area contributed by atoms with Crippen LogP contribution in [0.4, 0.5) is 0 Å². The number of amides is 1. The van der Waals surface area contributed by atoms with Gasteiger partial charge in [-0.1, -0.05) is 19.8 Å². The van der Waals surface area contributed by atoms with Gasteiger partial charge in [-0.2, -0.15) is 0 Å². The van der Waals surface area contributed by atoms with E-state index in [-0.39, 0.29) is 5.91 Å². The summed E-state index contributed by atoms with van der Waals surface area (Å²) >= 11 is 0. The highest BCUT2D eigenvalue weighted by Crippen LogP contribution is 2.37. The summed E-state index contributed by atoms with van der Waals surface area (Å²) in [5.41, 5.74) is 0. The summed E-state index contributed by atoms with van der Waals surface area (Å²) in [5.74, 6) is 2.35. The molecule has 1 aromatic heterocycles. The van der Waals surface area contributed by atoms with Gasteiger partial charge in [0.1, 0.15) is 5.82 Å². The van der Waals surface area contributed by atoms with Gasteiger partial charge in [-0.25, -0.2) is 4.98 Å². The van der Waals surface area contributed by atoms with Crippen LogP contribution >= 0.6 is 0 Å². The molecular formula is C14H22N4O. The van der Waals surface area contributed by atoms with Crippen LogP contribution in [-0.2, 0) is 0 Å². The van der Waals surface area contributed by atoms with Gasteiger partial charge < -0.3 is 5.32 Å². The topological polar surface area (TPSA) is 70.7 Å². The van der Waals surface area contributed by atoms with Crippen molar-refractivity contribution in [3.63, 3.8) is 0 Å². The molecule has 19 heavy (non-hydrogen) atoms. The summed E-state index contributed by atoms with van der Waals surface area (Å²) in [6.07, 6.45) is 8.16. The maximum absolute atomic E-state index is 12.1. The summed E-state index contributed by atoms with van der Waals surface area (Å²) in [4.78, 5) is 16.4. The minimum atomic E-state index is -0.122. The van der Waals surface area contributed by atoms with E-state index in [0.717, 1.165) is 37.4 Å². The number of carbonyl (C=O) groups excluding carboxylic acids is 1. The molecule has 0 saturated heterocycles. The summed E-state index contributed by atoms with van der Waals surface area (Å²) in [5, 5.41) is 10.0. The van der Waals surface area contributed by atoms with Crippen LogP contribution in [0.3, 0.4) is 0 Å². The van der Waals surface area contributed by atoms with Gasteiger partial charge in [0, 0.05) is 12.0 Å². The second-order valence-electron chi connectivity index (χ2n) is 6.10. The number of carbonyl (C=O) groups is 1. The Bertz CT molecular complexity index is 452. The number of aromatic amines is 1. The molecule has 104 valence electrons. The van der Waals surface area contributed by atoms with E-state index in [9.17, 15) is 4.79 Å². The fourth-order valence-electron chi connectivity index (χ4n) is 2.80. The molecule has 1 heterocycles. The van der Waals surface area contributed by atoms with Crippen molar-refractivity contribution in [2.45, 2.75) is 63.8 Å². The van der Waals surface area contributed by atoms with E-state index >= 15 is 0 Å². The fraction of sp³-hybridized carbons (Fsp3) is 0.786. The van der Waals surface area contributed by atoms with Crippen LogP contribution in [-0.4, -0.2) is 27.1 Å². The third kappa shape index (κ3) is 3.14. The number of nitrogens with one attached hydrogen (secondary N) is 2. The Morgan fingerprint density at radius 1 is 1.21 bits per heavy atom. The SMILES string of the molecule is CC1CCCC(NC(=O)c2n[nH]c(C3CC3)n2)CC1. The first-order chi connectivity index (χ1) is 9.22. The number of aromatic nitrogens is 3. The van der Waals surface area contributed by atoms with Gasteiger partial charge >= 0.3 is 0 Å². The molecule has 2 saturated carbocycles. The molecule has 0 aromatic carbocycles. The van der Waals surface area contributed by atoms with Gasteiger partial charge in [-0.3, -0.25) is 9.89 Å². The van der Waals surface area contributed by atoms with Crippen molar-refractivity contribution in [3.8, 4) is 0 Å². The van der Waals surface area contributed by atoms with E-state index in [4.69, 9.17) is 0 Å². The van der Waals surface area contributed by atoms with Crippen molar-refractivity contribution in [1.82, 2.24) is 20.5 Å². The molecule has 1 aromatic rings. The van der Waals surface area contributed by atoms with E-state index < -0.39 is 0 Å². The molecule has 3 rings (SSSR count). The zero-order valence-electron chi connectivity index (χ0n) is 11.5. The zero-order chi connectivity index (χ0) is 13.2. The largest absolute Gasteiger partial charge is 0.347 e. The first-order valence-electron chi connectivity index (χ1n) is 7.45. The normalized spacial score (nSPS) is 27.8. The minimum Gasteiger partial charge on any atom is -0.347 e. The van der Waals surface area contributed by atoms with Crippen molar-refractivity contribution in [1.29, 1.82) is 0 Å². The van der Waals surface area contributed by atoms with Crippen LogP contribution in [0.2, 0.25) is 0 Å². The third-order valence-corrected chi connectivity index (χ3v) is 4.26. The highest BCUT2D eigenvalue weighted by Gasteiger charge is 2.28. The van der Waals surface area contributed by atoms with Crippen molar-refractivity contribution in [3.05, 3.63) is 11.6 Å². The molecule has 5 nitrogen and oxygen atoms in total. The van der Waals surface area contributed by atoms with E-state index in [0.29, 0.717) is 17.8 Å². The van der Waals surface area contributed by atoms with Crippen molar-refractivity contribution in [2.24, 2.45) is 5.92 Å². The van der Waals surface area contributed by atoms with Crippen LogP contribution in [0, 0.1) is 5.92 Å². The number of rotatable bonds is 3. The molecule has 1 amide bonds. The Morgan fingerprint density at radius 3 is 2.84 bits per heavy atom. The Labute approximate surface area is 113 Å². The minimum absolute atomic E-state index is 0.122. The number of H-pyrrole nitrogens is 1. The van der Waals surface area contributed by atoms with Gasteiger partial charge in [0.25, 0.3) is 5.91 Å². The second kappa shape index (κ2) is 5.31. The first-order valence-corrected chi connectivity index (χ1v) is 7.45. The lowest BCUT2D eigenvalue weighted by atomic mass is 10.0. The lowest BCUT2D eigenvalue weighted by Crippen LogP contribution is -2.35. The van der Waals surface area contributed by atoms with E-state index in [1.54, 1.807) is 0 Å². The van der Waals surface area contributed by atoms with E-state index in [1.165, 1.54) is 19.3 Å². The molecule has 2 aliphatic rings. The number of hydrogen-bond donors (Lipinski definition) is 2. The number of nitrogens with zero attached hydrogens (tertiary/aromatic N) is 2. The molecule has 2 unspecified atom stereocenters. The van der Waals surface area contributed by atoms with Crippen LogP contribution in [0.1, 0.15) is 74.2 Å². The Kier molecular flexibility index (Phi) is 3.53. The molecule has 2 aliphatic carbocycles. The van der Waals surface area contributed by atoms with Crippen molar-refractivity contribution < 1.29 is 4.79 Å². The summed E-state index contributed by atoms with van der Waals surface area (Å²) in [6.45, 7) is 2.29. The predicted molar refractivity (Wildman–Crippen MR) is 71.9 cm³/mol. The summed E-state index contributed by atoms with van der Waals surface area (Å²) in [7, 11) is 0. The van der Waals surface area contributed by atoms with Gasteiger partial charge in [-0.15, -0.1) is 5.10 Å². The van der Waals surface area contributed by atoms with Gasteiger partial charge in [0.05, 0.1) is 0 Å². The Hall–Kier alpha value is -1.39. The van der Waals surface area contributed by atoms with E-state index in [1.807, 2.05) is 0 Å². The van der Waals surface area contributed by atoms with E-state index in [2.05, 4.69) is 27.4 Å². The molecule has 5 heteroatoms. The molecule has 2 fully saturated rings. The third-order valence-electron chi connectivity index (χ3n) is 4.26. The van der Waals surface area contributed by atoms with Crippen LogP contribution in [0.25, 0.3) is 0 Å². The molecule has 0 bridgehead atoms. The average molecular weight is 262 g/mol. The highest BCUT2D eigenvalue weighted by molar-refractivity contribution is 5.90. The number of hydrogen-bond acceptors (Lipinski definition) is 3. The Morgan fingerprint density at radius 2 is 2.05 bits per heavy atom. The van der Waals surface area contributed by atoms with Gasteiger partial charge in [-0.05, 0) is 38.0 Å². The summed E-state index contributed by atoms with van der Waals surface area (Å²) < 4.78 is 0. The monoisotopic (exact) mass is 262 g/mol. The van der Waals surface area contributed by atoms with Gasteiger partial charge in [0.15, 0.2) is 0 Å². The first kappa shape index (κ1) is 12.6. The predicted octanol–water partition coefficient (Wildman–Crippen LogP) is 2.38. The smallest absolute Gasteiger partial charge is 0.291 e. The zero-order valence-corrected chi connectivity index (χ0v) is 11.5. The molecule has 0 spiro atoms. The maximum Gasteiger partial charge on any atom is 0.291 e. The average Bonchev–Trinajstić information content (AvgIpc) is 3.16.